The maximum atomic E-state index is 11.9. The highest BCUT2D eigenvalue weighted by molar-refractivity contribution is 7.99. The Morgan fingerprint density at radius 2 is 1.73 bits per heavy atom. The third kappa shape index (κ3) is 7.75. The van der Waals surface area contributed by atoms with Gasteiger partial charge in [-0.25, -0.2) is 5.43 Å². The number of halogens is 2. The maximum Gasteiger partial charge on any atom is 0.250 e. The zero-order chi connectivity index (χ0) is 21.2. The molecule has 7 heteroatoms. The Hall–Kier alpha value is -2.47. The number of amides is 1. The minimum atomic E-state index is -0.152. The molecule has 0 unspecified atom stereocenters. The van der Waals surface area contributed by atoms with Gasteiger partial charge in [0.15, 0.2) is 0 Å². The van der Waals surface area contributed by atoms with Gasteiger partial charge in [-0.15, -0.1) is 11.8 Å². The number of hydrogen-bond acceptors (Lipinski definition) is 4. The fourth-order valence-corrected chi connectivity index (χ4v) is 3.60. The number of benzene rings is 3. The van der Waals surface area contributed by atoms with Gasteiger partial charge in [-0.2, -0.15) is 5.10 Å². The van der Waals surface area contributed by atoms with E-state index >= 15 is 0 Å². The number of thioether (sulfide) groups is 1. The van der Waals surface area contributed by atoms with Crippen molar-refractivity contribution in [2.75, 3.05) is 5.75 Å². The highest BCUT2D eigenvalue weighted by atomic mass is 35.5. The third-order valence-electron chi connectivity index (χ3n) is 3.99. The molecule has 3 aromatic carbocycles. The zero-order valence-electron chi connectivity index (χ0n) is 16.1. The predicted molar refractivity (Wildman–Crippen MR) is 126 cm³/mol. The molecule has 154 valence electrons. The molecule has 1 amide bonds. The number of hydrogen-bond donors (Lipinski definition) is 1. The van der Waals surface area contributed by atoms with E-state index in [2.05, 4.69) is 10.5 Å². The zero-order valence-corrected chi connectivity index (χ0v) is 18.4. The molecule has 0 fully saturated rings. The summed E-state index contributed by atoms with van der Waals surface area (Å²) in [5.74, 6) is 1.64. The second-order valence-electron chi connectivity index (χ2n) is 6.40. The van der Waals surface area contributed by atoms with Crippen LogP contribution >= 0.6 is 35.0 Å². The van der Waals surface area contributed by atoms with Gasteiger partial charge in [0.25, 0.3) is 0 Å². The fraction of sp³-hybridized carbons (Fsp3) is 0.130. The quantitative estimate of drug-likeness (QED) is 0.318. The van der Waals surface area contributed by atoms with Crippen LogP contribution in [0.15, 0.2) is 77.9 Å². The normalized spacial score (nSPS) is 10.9. The Balaban J connectivity index is 1.38. The summed E-state index contributed by atoms with van der Waals surface area (Å²) in [4.78, 5) is 11.9. The van der Waals surface area contributed by atoms with Crippen LogP contribution in [0.1, 0.15) is 16.7 Å². The van der Waals surface area contributed by atoms with E-state index in [-0.39, 0.29) is 5.91 Å². The molecule has 30 heavy (non-hydrogen) atoms. The Bertz CT molecular complexity index is 993. The van der Waals surface area contributed by atoms with Crippen molar-refractivity contribution in [3.8, 4) is 5.75 Å². The molecule has 0 heterocycles. The van der Waals surface area contributed by atoms with Crippen LogP contribution in [0, 0.1) is 0 Å². The first-order valence-corrected chi connectivity index (χ1v) is 11.1. The summed E-state index contributed by atoms with van der Waals surface area (Å²) in [5, 5.41) is 5.40. The topological polar surface area (TPSA) is 50.7 Å². The second kappa shape index (κ2) is 11.6. The van der Waals surface area contributed by atoms with Crippen molar-refractivity contribution in [3.63, 3.8) is 0 Å². The molecule has 0 saturated heterocycles. The van der Waals surface area contributed by atoms with Gasteiger partial charge in [0.05, 0.1) is 12.0 Å². The molecular formula is C23H20Cl2N2O2S. The van der Waals surface area contributed by atoms with E-state index in [1.54, 1.807) is 6.21 Å². The second-order valence-corrected chi connectivity index (χ2v) is 8.26. The average Bonchev–Trinajstić information content (AvgIpc) is 2.74. The van der Waals surface area contributed by atoms with E-state index < -0.39 is 0 Å². The fourth-order valence-electron chi connectivity index (χ4n) is 2.50. The van der Waals surface area contributed by atoms with E-state index in [0.29, 0.717) is 22.4 Å². The largest absolute Gasteiger partial charge is 0.489 e. The van der Waals surface area contributed by atoms with Crippen molar-refractivity contribution < 1.29 is 9.53 Å². The third-order valence-corrected chi connectivity index (χ3v) is 5.48. The summed E-state index contributed by atoms with van der Waals surface area (Å²) >= 11 is 13.3. The van der Waals surface area contributed by atoms with E-state index in [4.69, 9.17) is 27.9 Å². The van der Waals surface area contributed by atoms with Crippen molar-refractivity contribution in [3.05, 3.63) is 99.5 Å². The SMILES string of the molecule is O=C(CSCc1cccc(Cl)c1)N/N=C\c1ccc(OCc2ccc(Cl)cc2)cc1. The predicted octanol–water partition coefficient (Wildman–Crippen LogP) is 5.96. The van der Waals surface area contributed by atoms with Crippen LogP contribution in [0.25, 0.3) is 0 Å². The van der Waals surface area contributed by atoms with E-state index in [9.17, 15) is 4.79 Å². The summed E-state index contributed by atoms with van der Waals surface area (Å²) in [6.07, 6.45) is 1.60. The van der Waals surface area contributed by atoms with Crippen LogP contribution < -0.4 is 10.2 Å². The summed E-state index contributed by atoms with van der Waals surface area (Å²) < 4.78 is 5.75. The smallest absolute Gasteiger partial charge is 0.250 e. The molecule has 0 aromatic heterocycles. The number of carbonyl (C=O) groups is 1. The lowest BCUT2D eigenvalue weighted by Crippen LogP contribution is -2.19. The number of rotatable bonds is 9. The molecule has 0 bridgehead atoms. The molecule has 0 saturated carbocycles. The molecule has 0 spiro atoms. The molecule has 0 aliphatic carbocycles. The highest BCUT2D eigenvalue weighted by Gasteiger charge is 2.01. The molecule has 4 nitrogen and oxygen atoms in total. The van der Waals surface area contributed by atoms with Gasteiger partial charge in [-0.1, -0.05) is 47.5 Å². The van der Waals surface area contributed by atoms with E-state index in [1.165, 1.54) is 11.8 Å². The monoisotopic (exact) mass is 458 g/mol. The number of nitrogens with one attached hydrogen (secondary N) is 1. The number of ether oxygens (including phenoxy) is 1. The molecule has 0 atom stereocenters. The molecule has 0 radical (unpaired) electrons. The van der Waals surface area contributed by atoms with Crippen LogP contribution in [-0.4, -0.2) is 17.9 Å². The van der Waals surface area contributed by atoms with Crippen molar-refractivity contribution >= 4 is 47.1 Å². The average molecular weight is 459 g/mol. The van der Waals surface area contributed by atoms with Gasteiger partial charge in [0.1, 0.15) is 12.4 Å². The Labute approximate surface area is 190 Å². The first-order chi connectivity index (χ1) is 14.6. The first-order valence-electron chi connectivity index (χ1n) is 9.20. The Morgan fingerprint density at radius 1 is 0.967 bits per heavy atom. The van der Waals surface area contributed by atoms with Crippen molar-refractivity contribution in [1.82, 2.24) is 5.43 Å². The van der Waals surface area contributed by atoms with Gasteiger partial charge in [0.2, 0.25) is 5.91 Å². The van der Waals surface area contributed by atoms with E-state index in [1.807, 2.05) is 72.8 Å². The highest BCUT2D eigenvalue weighted by Crippen LogP contribution is 2.17. The van der Waals surface area contributed by atoms with Gasteiger partial charge in [-0.3, -0.25) is 4.79 Å². The molecule has 1 N–H and O–H groups in total. The molecule has 0 aliphatic heterocycles. The summed E-state index contributed by atoms with van der Waals surface area (Å²) in [6, 6.07) is 22.6. The van der Waals surface area contributed by atoms with E-state index in [0.717, 1.165) is 28.2 Å². The first kappa shape index (κ1) is 22.2. The number of carbonyl (C=O) groups excluding carboxylic acids is 1. The maximum absolute atomic E-state index is 11.9. The van der Waals surface area contributed by atoms with Gasteiger partial charge in [-0.05, 0) is 65.2 Å². The lowest BCUT2D eigenvalue weighted by atomic mass is 10.2. The summed E-state index contributed by atoms with van der Waals surface area (Å²) in [5.41, 5.74) is 5.53. The standard InChI is InChI=1S/C23H20Cl2N2O2S/c24-20-8-4-18(5-9-20)14-29-22-10-6-17(7-11-22)13-26-27-23(28)16-30-15-19-2-1-3-21(25)12-19/h1-13H,14-16H2,(H,27,28)/b26-13-. The number of nitrogens with zero attached hydrogens (tertiary/aromatic N) is 1. The van der Waals surface area contributed by atoms with Crippen LogP contribution in [-0.2, 0) is 17.2 Å². The molecule has 0 aliphatic rings. The Kier molecular flexibility index (Phi) is 8.63. The van der Waals surface area contributed by atoms with Crippen molar-refractivity contribution in [2.45, 2.75) is 12.4 Å². The minimum absolute atomic E-state index is 0.152. The lowest BCUT2D eigenvalue weighted by molar-refractivity contribution is -0.118. The van der Waals surface area contributed by atoms with Gasteiger partial charge >= 0.3 is 0 Å². The Morgan fingerprint density at radius 3 is 2.47 bits per heavy atom. The summed E-state index contributed by atoms with van der Waals surface area (Å²) in [6.45, 7) is 0.466. The van der Waals surface area contributed by atoms with Crippen LogP contribution in [0.3, 0.4) is 0 Å². The summed E-state index contributed by atoms with van der Waals surface area (Å²) in [7, 11) is 0. The van der Waals surface area contributed by atoms with Gasteiger partial charge in [0, 0.05) is 15.8 Å². The van der Waals surface area contributed by atoms with Gasteiger partial charge < -0.3 is 4.74 Å². The minimum Gasteiger partial charge on any atom is -0.489 e. The molecule has 3 aromatic rings. The van der Waals surface area contributed by atoms with Crippen molar-refractivity contribution in [2.24, 2.45) is 5.10 Å². The van der Waals surface area contributed by atoms with Crippen LogP contribution in [0.5, 0.6) is 5.75 Å². The van der Waals surface area contributed by atoms with Crippen LogP contribution in [0.4, 0.5) is 0 Å². The molecule has 3 rings (SSSR count). The van der Waals surface area contributed by atoms with Crippen molar-refractivity contribution in [1.29, 1.82) is 0 Å². The lowest BCUT2D eigenvalue weighted by Gasteiger charge is -2.06. The number of hydrazone groups is 1. The molecular weight excluding hydrogens is 439 g/mol. The van der Waals surface area contributed by atoms with Crippen LogP contribution in [0.2, 0.25) is 10.0 Å².